The van der Waals surface area contributed by atoms with Crippen LogP contribution in [0.3, 0.4) is 0 Å². The Hall–Kier alpha value is -0.420. The van der Waals surface area contributed by atoms with Gasteiger partial charge in [-0.1, -0.05) is 12.2 Å². The number of hydrogen-bond donors (Lipinski definition) is 1. The molecule has 1 N–H and O–H groups in total. The predicted octanol–water partition coefficient (Wildman–Crippen LogP) is -0.339. The van der Waals surface area contributed by atoms with Crippen LogP contribution in [-0.4, -0.2) is 15.3 Å². The van der Waals surface area contributed by atoms with Crippen LogP contribution in [0.1, 0.15) is 0 Å². The lowest BCUT2D eigenvalue weighted by Crippen LogP contribution is -2.20. The monoisotopic (exact) mass is 147 g/mol. The molecule has 0 aromatic carbocycles. The van der Waals surface area contributed by atoms with Crippen molar-refractivity contribution in [1.82, 2.24) is 5.32 Å². The molecule has 3 nitrogen and oxygen atoms in total. The fraction of sp³-hybridized carbons (Fsp3) is 0. The van der Waals surface area contributed by atoms with Crippen molar-refractivity contribution in [3.63, 3.8) is 0 Å². The van der Waals surface area contributed by atoms with Gasteiger partial charge in [-0.25, -0.2) is 0 Å². The number of carbonyl (C=O) groups excluding carboxylic acids is 2. The summed E-state index contributed by atoms with van der Waals surface area (Å²) in [6.07, 6.45) is 0. The summed E-state index contributed by atoms with van der Waals surface area (Å²) in [5, 5.41) is 1.65. The molecule has 0 aliphatic carbocycles. The predicted molar refractivity (Wildman–Crippen MR) is 33.3 cm³/mol. The summed E-state index contributed by atoms with van der Waals surface area (Å²) in [6, 6.07) is 0. The van der Waals surface area contributed by atoms with E-state index in [4.69, 9.17) is 0 Å². The van der Waals surface area contributed by atoms with Gasteiger partial charge in [-0.3, -0.25) is 9.59 Å². The van der Waals surface area contributed by atoms with Crippen LogP contribution >= 0.6 is 24.0 Å². The number of thiocarbonyl (C=S) groups is 1. The van der Waals surface area contributed by atoms with Crippen LogP contribution in [0.2, 0.25) is 0 Å². The van der Waals surface area contributed by atoms with Gasteiger partial charge in [0.1, 0.15) is 4.32 Å². The van der Waals surface area contributed by atoms with E-state index in [1.807, 2.05) is 0 Å². The van der Waals surface area contributed by atoms with E-state index >= 15 is 0 Å². The fourth-order valence-electron chi connectivity index (χ4n) is 0.300. The second-order valence-corrected chi connectivity index (χ2v) is 2.78. The van der Waals surface area contributed by atoms with Gasteiger partial charge in [0.15, 0.2) is 0 Å². The Morgan fingerprint density at radius 3 is 2.25 bits per heavy atom. The smallest absolute Gasteiger partial charge is 0.304 e. The van der Waals surface area contributed by atoms with Gasteiger partial charge in [-0.2, -0.15) is 0 Å². The number of nitrogens with one attached hydrogen (secondary N) is 1. The highest BCUT2D eigenvalue weighted by Crippen LogP contribution is 2.09. The van der Waals surface area contributed by atoms with E-state index in [2.05, 4.69) is 17.5 Å². The zero-order chi connectivity index (χ0) is 6.15. The summed E-state index contributed by atoms with van der Waals surface area (Å²) in [6.45, 7) is 0. The summed E-state index contributed by atoms with van der Waals surface area (Å²) in [7, 11) is 0. The first kappa shape index (κ1) is 5.71. The van der Waals surface area contributed by atoms with Crippen molar-refractivity contribution in [2.75, 3.05) is 0 Å². The summed E-state index contributed by atoms with van der Waals surface area (Å²) in [5.74, 6) is -0.611. The van der Waals surface area contributed by atoms with Crippen molar-refractivity contribution in [1.29, 1.82) is 0 Å². The van der Waals surface area contributed by atoms with Crippen molar-refractivity contribution in [2.24, 2.45) is 0 Å². The number of amides is 1. The topological polar surface area (TPSA) is 46.2 Å². The Labute approximate surface area is 54.8 Å². The van der Waals surface area contributed by atoms with E-state index in [1.165, 1.54) is 0 Å². The maximum Gasteiger partial charge on any atom is 0.304 e. The first-order chi connectivity index (χ1) is 3.70. The van der Waals surface area contributed by atoms with E-state index in [-0.39, 0.29) is 4.32 Å². The molecule has 0 unspecified atom stereocenters. The lowest BCUT2D eigenvalue weighted by molar-refractivity contribution is -0.131. The molecule has 0 spiro atoms. The van der Waals surface area contributed by atoms with Crippen LogP contribution in [0, 0.1) is 0 Å². The summed E-state index contributed by atoms with van der Waals surface area (Å²) in [5.41, 5.74) is 0. The third-order valence-corrected chi connectivity index (χ3v) is 1.60. The number of thioether (sulfide) groups is 1. The van der Waals surface area contributed by atoms with E-state index < -0.39 is 11.0 Å². The number of rotatable bonds is 0. The molecule has 0 aromatic heterocycles. The third kappa shape index (κ3) is 0.873. The molecular formula is C3HNO2S2. The first-order valence-electron chi connectivity index (χ1n) is 1.77. The highest BCUT2D eigenvalue weighted by atomic mass is 32.2. The average Bonchev–Trinajstić information content (AvgIpc) is 1.85. The van der Waals surface area contributed by atoms with Gasteiger partial charge in [0.2, 0.25) is 0 Å². The quantitative estimate of drug-likeness (QED) is 0.376. The minimum absolute atomic E-state index is 0.250. The van der Waals surface area contributed by atoms with Gasteiger partial charge in [0.25, 0.3) is 5.12 Å². The van der Waals surface area contributed by atoms with Crippen LogP contribution in [0.5, 0.6) is 0 Å². The molecule has 1 fully saturated rings. The Balaban J connectivity index is 2.79. The minimum atomic E-state index is -0.611. The molecule has 1 rings (SSSR count). The average molecular weight is 147 g/mol. The van der Waals surface area contributed by atoms with Crippen LogP contribution < -0.4 is 5.32 Å². The van der Waals surface area contributed by atoms with Gasteiger partial charge in [-0.15, -0.1) is 0 Å². The molecule has 1 aliphatic heterocycles. The molecule has 1 amide bonds. The van der Waals surface area contributed by atoms with E-state index in [0.29, 0.717) is 0 Å². The van der Waals surface area contributed by atoms with Gasteiger partial charge < -0.3 is 5.32 Å². The molecule has 42 valence electrons. The largest absolute Gasteiger partial charge is 0.304 e. The molecule has 0 atom stereocenters. The third-order valence-electron chi connectivity index (χ3n) is 0.586. The molecule has 1 saturated heterocycles. The molecule has 5 heteroatoms. The number of carbonyl (C=O) groups is 2. The van der Waals surface area contributed by atoms with Gasteiger partial charge >= 0.3 is 5.91 Å². The van der Waals surface area contributed by atoms with Crippen LogP contribution in [0.4, 0.5) is 0 Å². The molecule has 0 aromatic rings. The van der Waals surface area contributed by atoms with Crippen molar-refractivity contribution < 1.29 is 9.59 Å². The van der Waals surface area contributed by atoms with Crippen molar-refractivity contribution in [2.45, 2.75) is 0 Å². The summed E-state index contributed by atoms with van der Waals surface area (Å²) < 4.78 is 0.250. The Morgan fingerprint density at radius 1 is 1.50 bits per heavy atom. The molecule has 8 heavy (non-hydrogen) atoms. The van der Waals surface area contributed by atoms with E-state index in [0.717, 1.165) is 11.8 Å². The maximum absolute atomic E-state index is 10.2. The maximum atomic E-state index is 10.2. The molecule has 0 radical (unpaired) electrons. The van der Waals surface area contributed by atoms with Crippen LogP contribution in [0.25, 0.3) is 0 Å². The normalized spacial score (nSPS) is 19.2. The van der Waals surface area contributed by atoms with Gasteiger partial charge in [-0.05, 0) is 11.8 Å². The van der Waals surface area contributed by atoms with Gasteiger partial charge in [0, 0.05) is 0 Å². The van der Waals surface area contributed by atoms with Gasteiger partial charge in [0.05, 0.1) is 0 Å². The number of hydrogen-bond acceptors (Lipinski definition) is 4. The second kappa shape index (κ2) is 1.83. The SMILES string of the molecule is O=C1NC(=S)SC1=O. The zero-order valence-corrected chi connectivity index (χ0v) is 5.27. The Morgan fingerprint density at radius 2 is 2.12 bits per heavy atom. The second-order valence-electron chi connectivity index (χ2n) is 1.13. The van der Waals surface area contributed by atoms with Crippen molar-refractivity contribution in [3.8, 4) is 0 Å². The zero-order valence-electron chi connectivity index (χ0n) is 3.63. The minimum Gasteiger partial charge on any atom is -0.304 e. The van der Waals surface area contributed by atoms with E-state index in [1.54, 1.807) is 0 Å². The molecular weight excluding hydrogens is 146 g/mol. The Bertz CT molecular complexity index is 158. The van der Waals surface area contributed by atoms with Crippen molar-refractivity contribution in [3.05, 3.63) is 0 Å². The first-order valence-corrected chi connectivity index (χ1v) is 3.00. The van der Waals surface area contributed by atoms with Crippen molar-refractivity contribution >= 4 is 39.3 Å². The lowest BCUT2D eigenvalue weighted by atomic mass is 10.7. The molecule has 1 aliphatic rings. The molecule has 0 bridgehead atoms. The lowest BCUT2D eigenvalue weighted by Gasteiger charge is -1.79. The van der Waals surface area contributed by atoms with Crippen LogP contribution in [-0.2, 0) is 9.59 Å². The standard InChI is InChI=1S/C3HNO2S2/c5-1-2(6)8-3(7)4-1/h(H,4,5,7). The van der Waals surface area contributed by atoms with Crippen LogP contribution in [0.15, 0.2) is 0 Å². The Kier molecular flexibility index (Phi) is 1.31. The summed E-state index contributed by atoms with van der Waals surface area (Å²) in [4.78, 5) is 20.5. The molecule has 1 heterocycles. The highest BCUT2D eigenvalue weighted by Gasteiger charge is 2.25. The van der Waals surface area contributed by atoms with E-state index in [9.17, 15) is 9.59 Å². The highest BCUT2D eigenvalue weighted by molar-refractivity contribution is 8.35. The summed E-state index contributed by atoms with van der Waals surface area (Å²) >= 11 is 5.24. The molecule has 0 saturated carbocycles. The fourth-order valence-corrected chi connectivity index (χ4v) is 1.08.